The van der Waals surface area contributed by atoms with Crippen molar-refractivity contribution in [2.24, 2.45) is 0 Å². The van der Waals surface area contributed by atoms with E-state index in [1.54, 1.807) is 6.07 Å². The molecule has 5 rings (SSSR count). The van der Waals surface area contributed by atoms with Gasteiger partial charge >= 0.3 is 6.03 Å². The molecule has 4 aromatic rings. The summed E-state index contributed by atoms with van der Waals surface area (Å²) in [5.41, 5.74) is 4.51. The Hall–Kier alpha value is -3.67. The molecule has 2 heterocycles. The molecule has 0 aliphatic carbocycles. The van der Waals surface area contributed by atoms with Crippen LogP contribution >= 0.6 is 0 Å². The summed E-state index contributed by atoms with van der Waals surface area (Å²) < 4.78 is 15.8. The number of benzene rings is 3. The van der Waals surface area contributed by atoms with Crippen molar-refractivity contribution < 1.29 is 9.18 Å². The van der Waals surface area contributed by atoms with E-state index in [4.69, 9.17) is 0 Å². The molecule has 0 bridgehead atoms. The van der Waals surface area contributed by atoms with Gasteiger partial charge in [0.2, 0.25) is 0 Å². The van der Waals surface area contributed by atoms with Gasteiger partial charge in [-0.05, 0) is 43.5 Å². The van der Waals surface area contributed by atoms with Crippen molar-refractivity contribution >= 4 is 22.8 Å². The molecule has 1 N–H and O–H groups in total. The lowest BCUT2D eigenvalue weighted by molar-refractivity contribution is 0.184. The van der Waals surface area contributed by atoms with E-state index in [1.807, 2.05) is 66.4 Å². The summed E-state index contributed by atoms with van der Waals surface area (Å²) >= 11 is 0. The molecule has 1 aromatic heterocycles. The highest BCUT2D eigenvalue weighted by molar-refractivity contribution is 5.94. The van der Waals surface area contributed by atoms with Gasteiger partial charge in [0.1, 0.15) is 11.6 Å². The minimum absolute atomic E-state index is 0.0823. The third-order valence-corrected chi connectivity index (χ3v) is 6.20. The first-order chi connectivity index (χ1) is 15.6. The number of anilines is 1. The van der Waals surface area contributed by atoms with Crippen LogP contribution in [0.25, 0.3) is 22.2 Å². The van der Waals surface area contributed by atoms with Crippen LogP contribution in [-0.4, -0.2) is 33.6 Å². The third-order valence-electron chi connectivity index (χ3n) is 6.20. The van der Waals surface area contributed by atoms with Crippen molar-refractivity contribution in [2.75, 3.05) is 18.4 Å². The molecule has 5 nitrogen and oxygen atoms in total. The number of hydrogen-bond acceptors (Lipinski definition) is 2. The number of halogens is 1. The number of nitrogens with zero attached hydrogens (tertiary/aromatic N) is 3. The predicted molar refractivity (Wildman–Crippen MR) is 125 cm³/mol. The van der Waals surface area contributed by atoms with Crippen molar-refractivity contribution in [3.8, 4) is 11.1 Å². The largest absolute Gasteiger partial charge is 0.325 e. The Balaban J connectivity index is 1.29. The molecule has 0 atom stereocenters. The van der Waals surface area contributed by atoms with Crippen molar-refractivity contribution in [1.82, 2.24) is 14.5 Å². The number of fused-ring (bicyclic) bond motifs is 1. The Morgan fingerprint density at radius 3 is 2.50 bits per heavy atom. The van der Waals surface area contributed by atoms with Gasteiger partial charge in [-0.1, -0.05) is 48.5 Å². The monoisotopic (exact) mass is 428 g/mol. The normalized spacial score (nSPS) is 14.6. The van der Waals surface area contributed by atoms with Gasteiger partial charge in [0.25, 0.3) is 0 Å². The lowest BCUT2D eigenvalue weighted by atomic mass is 10.0. The number of aryl methyl sites for hydroxylation is 1. The molecule has 1 fully saturated rings. The van der Waals surface area contributed by atoms with E-state index in [-0.39, 0.29) is 17.9 Å². The second-order valence-electron chi connectivity index (χ2n) is 8.22. The van der Waals surface area contributed by atoms with Crippen LogP contribution in [0.2, 0.25) is 0 Å². The molecule has 3 aromatic carbocycles. The molecule has 32 heavy (non-hydrogen) atoms. The summed E-state index contributed by atoms with van der Waals surface area (Å²) in [4.78, 5) is 19.4. The average Bonchev–Trinajstić information content (AvgIpc) is 3.14. The topological polar surface area (TPSA) is 50.2 Å². The maximum Gasteiger partial charge on any atom is 0.321 e. The molecular weight excluding hydrogens is 403 g/mol. The zero-order valence-corrected chi connectivity index (χ0v) is 18.0. The Kier molecular flexibility index (Phi) is 5.35. The molecule has 2 amide bonds. The fourth-order valence-corrected chi connectivity index (χ4v) is 4.64. The summed E-state index contributed by atoms with van der Waals surface area (Å²) in [6.45, 7) is 3.27. The summed E-state index contributed by atoms with van der Waals surface area (Å²) in [7, 11) is 0. The maximum atomic E-state index is 13.6. The summed E-state index contributed by atoms with van der Waals surface area (Å²) in [6, 6.07) is 22.8. The molecular formula is C26H25FN4O. The van der Waals surface area contributed by atoms with Gasteiger partial charge in [0, 0.05) is 30.8 Å². The van der Waals surface area contributed by atoms with Crippen molar-refractivity contribution in [1.29, 1.82) is 0 Å². The van der Waals surface area contributed by atoms with Gasteiger partial charge in [-0.25, -0.2) is 14.2 Å². The lowest BCUT2D eigenvalue weighted by Gasteiger charge is -2.33. The zero-order valence-electron chi connectivity index (χ0n) is 18.0. The van der Waals surface area contributed by atoms with Crippen molar-refractivity contribution in [3.05, 3.63) is 84.4 Å². The number of aromatic nitrogens is 2. The number of piperidine rings is 1. The Bertz CT molecular complexity index is 1260. The molecule has 0 unspecified atom stereocenters. The van der Waals surface area contributed by atoms with Crippen LogP contribution in [0.3, 0.4) is 0 Å². The minimum Gasteiger partial charge on any atom is -0.325 e. The molecule has 1 saturated heterocycles. The number of carbonyl (C=O) groups excluding carboxylic acids is 1. The van der Waals surface area contributed by atoms with Gasteiger partial charge in [-0.3, -0.25) is 0 Å². The predicted octanol–water partition coefficient (Wildman–Crippen LogP) is 6.02. The number of amides is 2. The smallest absolute Gasteiger partial charge is 0.321 e. The number of imidazole rings is 1. The van der Waals surface area contributed by atoms with Crippen LogP contribution in [0, 0.1) is 12.7 Å². The van der Waals surface area contributed by atoms with Crippen LogP contribution in [0.1, 0.15) is 24.7 Å². The molecule has 6 heteroatoms. The first-order valence-corrected chi connectivity index (χ1v) is 10.9. The summed E-state index contributed by atoms with van der Waals surface area (Å²) in [5.74, 6) is 0.606. The number of hydrogen-bond donors (Lipinski definition) is 1. The molecule has 1 aliphatic rings. The van der Waals surface area contributed by atoms with E-state index in [2.05, 4.69) is 14.9 Å². The summed E-state index contributed by atoms with van der Waals surface area (Å²) in [6.07, 6.45) is 1.66. The van der Waals surface area contributed by atoms with Crippen LogP contribution in [0.15, 0.2) is 72.8 Å². The molecule has 0 saturated carbocycles. The van der Waals surface area contributed by atoms with Crippen molar-refractivity contribution in [2.45, 2.75) is 25.8 Å². The highest BCUT2D eigenvalue weighted by atomic mass is 19.1. The Morgan fingerprint density at radius 2 is 1.72 bits per heavy atom. The number of nitrogens with one attached hydrogen (secondary N) is 1. The fourth-order valence-electron chi connectivity index (χ4n) is 4.64. The van der Waals surface area contributed by atoms with Gasteiger partial charge in [0.05, 0.1) is 16.7 Å². The summed E-state index contributed by atoms with van der Waals surface area (Å²) in [5, 5.41) is 3.10. The SMILES string of the molecule is Cc1nc2cc(F)ccc2n1C1CCN(C(=O)Nc2ccccc2-c2ccccc2)CC1. The zero-order chi connectivity index (χ0) is 22.1. The molecule has 1 aliphatic heterocycles. The van der Waals surface area contributed by atoms with E-state index in [1.165, 1.54) is 12.1 Å². The quantitative estimate of drug-likeness (QED) is 0.434. The van der Waals surface area contributed by atoms with Crippen LogP contribution in [0.5, 0.6) is 0 Å². The highest BCUT2D eigenvalue weighted by Gasteiger charge is 2.26. The van der Waals surface area contributed by atoms with Crippen LogP contribution < -0.4 is 5.32 Å². The second kappa shape index (κ2) is 8.46. The van der Waals surface area contributed by atoms with Gasteiger partial charge in [-0.2, -0.15) is 0 Å². The van der Waals surface area contributed by atoms with Crippen molar-refractivity contribution in [3.63, 3.8) is 0 Å². The number of para-hydroxylation sites is 1. The van der Waals surface area contributed by atoms with E-state index in [9.17, 15) is 9.18 Å². The number of rotatable bonds is 3. The van der Waals surface area contributed by atoms with Gasteiger partial charge in [0.15, 0.2) is 0 Å². The van der Waals surface area contributed by atoms with Gasteiger partial charge < -0.3 is 14.8 Å². The fraction of sp³-hybridized carbons (Fsp3) is 0.231. The standard InChI is InChI=1S/C26H25FN4O/c1-18-28-24-17-20(27)11-12-25(24)31(18)21-13-15-30(16-14-21)26(32)29-23-10-6-5-9-22(23)19-7-3-2-4-8-19/h2-12,17,21H,13-16H2,1H3,(H,29,32). The van der Waals surface area contributed by atoms with E-state index in [0.29, 0.717) is 18.6 Å². The first kappa shape index (κ1) is 20.2. The molecule has 0 spiro atoms. The van der Waals surface area contributed by atoms with E-state index < -0.39 is 0 Å². The molecule has 0 radical (unpaired) electrons. The average molecular weight is 429 g/mol. The Morgan fingerprint density at radius 1 is 1.00 bits per heavy atom. The first-order valence-electron chi connectivity index (χ1n) is 10.9. The molecule has 162 valence electrons. The number of likely N-dealkylation sites (tertiary alicyclic amines) is 1. The maximum absolute atomic E-state index is 13.6. The third kappa shape index (κ3) is 3.84. The number of carbonyl (C=O) groups is 1. The number of urea groups is 1. The van der Waals surface area contributed by atoms with Gasteiger partial charge in [-0.15, -0.1) is 0 Å². The van der Waals surface area contributed by atoms with E-state index >= 15 is 0 Å². The second-order valence-corrected chi connectivity index (χ2v) is 8.22. The minimum atomic E-state index is -0.274. The van der Waals surface area contributed by atoms with E-state index in [0.717, 1.165) is 41.0 Å². The Labute approximate surface area is 186 Å². The lowest BCUT2D eigenvalue weighted by Crippen LogP contribution is -2.41. The highest BCUT2D eigenvalue weighted by Crippen LogP contribution is 2.31. The van der Waals surface area contributed by atoms with Crippen LogP contribution in [0.4, 0.5) is 14.9 Å². The van der Waals surface area contributed by atoms with Crippen LogP contribution in [-0.2, 0) is 0 Å².